The van der Waals surface area contributed by atoms with E-state index in [1.54, 1.807) is 19.1 Å². The lowest BCUT2D eigenvalue weighted by atomic mass is 10.1. The average molecular weight is 441 g/mol. The van der Waals surface area contributed by atoms with Crippen LogP contribution in [0.4, 0.5) is 11.5 Å². The number of aromatic nitrogens is 1. The topological polar surface area (TPSA) is 109 Å². The van der Waals surface area contributed by atoms with E-state index in [0.717, 1.165) is 27.7 Å². The van der Waals surface area contributed by atoms with Crippen LogP contribution in [-0.2, 0) is 16.4 Å². The van der Waals surface area contributed by atoms with E-state index in [4.69, 9.17) is 10.7 Å². The van der Waals surface area contributed by atoms with E-state index in [2.05, 4.69) is 5.32 Å². The third-order valence-corrected chi connectivity index (χ3v) is 7.46. The van der Waals surface area contributed by atoms with E-state index < -0.39 is 15.4 Å². The molecule has 1 aromatic heterocycles. The molecule has 1 aliphatic rings. The molecule has 1 atom stereocenters. The van der Waals surface area contributed by atoms with Crippen molar-refractivity contribution < 1.29 is 13.5 Å². The average Bonchev–Trinajstić information content (AvgIpc) is 2.88. The molecule has 4 rings (SSSR count). The highest BCUT2D eigenvalue weighted by Crippen LogP contribution is 2.31. The van der Waals surface area contributed by atoms with E-state index in [9.17, 15) is 13.5 Å². The maximum Gasteiger partial charge on any atom is 0.180 e. The predicted molar refractivity (Wildman–Crippen MR) is 124 cm³/mol. The smallest absolute Gasteiger partial charge is 0.180 e. The maximum absolute atomic E-state index is 12.7. The second-order valence-corrected chi connectivity index (χ2v) is 10.5. The molecule has 3 aromatic rings. The van der Waals surface area contributed by atoms with Crippen LogP contribution in [0.1, 0.15) is 18.1 Å². The minimum atomic E-state index is -3.34. The molecule has 0 saturated heterocycles. The quantitative estimate of drug-likeness (QED) is 0.559. The first-order valence-electron chi connectivity index (χ1n) is 10.3. The molecule has 0 fully saturated rings. The first-order valence-corrected chi connectivity index (χ1v) is 12.0. The van der Waals surface area contributed by atoms with Crippen LogP contribution in [0.3, 0.4) is 0 Å². The van der Waals surface area contributed by atoms with Crippen molar-refractivity contribution in [1.82, 2.24) is 4.98 Å². The van der Waals surface area contributed by atoms with Crippen molar-refractivity contribution in [3.63, 3.8) is 0 Å². The highest BCUT2D eigenvalue weighted by molar-refractivity contribution is 7.91. The molecule has 0 saturated carbocycles. The Kier molecular flexibility index (Phi) is 5.63. The van der Waals surface area contributed by atoms with Crippen LogP contribution in [0.25, 0.3) is 10.9 Å². The molecule has 4 N–H and O–H groups in total. The van der Waals surface area contributed by atoms with Gasteiger partial charge in [-0.2, -0.15) is 0 Å². The molecule has 7 nitrogen and oxygen atoms in total. The Morgan fingerprint density at radius 3 is 2.77 bits per heavy atom. The Morgan fingerprint density at radius 1 is 1.23 bits per heavy atom. The number of hydrogen-bond acceptors (Lipinski definition) is 7. The van der Waals surface area contributed by atoms with Gasteiger partial charge in [0.25, 0.3) is 0 Å². The van der Waals surface area contributed by atoms with Gasteiger partial charge in [0.05, 0.1) is 21.8 Å². The molecular formula is C23H28N4O3S. The monoisotopic (exact) mass is 440 g/mol. The molecule has 2 heterocycles. The lowest BCUT2D eigenvalue weighted by molar-refractivity contribution is 0.0830. The Morgan fingerprint density at radius 2 is 2.00 bits per heavy atom. The number of hydrogen-bond donors (Lipinski definition) is 3. The summed E-state index contributed by atoms with van der Waals surface area (Å²) < 4.78 is 25.5. The molecule has 1 unspecified atom stereocenters. The van der Waals surface area contributed by atoms with Crippen molar-refractivity contribution in [2.24, 2.45) is 5.73 Å². The van der Waals surface area contributed by atoms with Gasteiger partial charge in [-0.15, -0.1) is 0 Å². The van der Waals surface area contributed by atoms with Gasteiger partial charge in [-0.1, -0.05) is 29.8 Å². The van der Waals surface area contributed by atoms with E-state index in [1.165, 1.54) is 0 Å². The summed E-state index contributed by atoms with van der Waals surface area (Å²) in [6.07, 6.45) is 0. The number of aliphatic hydroxyl groups is 1. The number of nitrogens with one attached hydrogen (secondary N) is 1. The van der Waals surface area contributed by atoms with Crippen molar-refractivity contribution in [3.05, 3.63) is 59.7 Å². The molecule has 8 heteroatoms. The zero-order chi connectivity index (χ0) is 22.2. The van der Waals surface area contributed by atoms with Crippen molar-refractivity contribution >= 4 is 32.2 Å². The molecule has 2 aromatic carbocycles. The van der Waals surface area contributed by atoms with Crippen LogP contribution in [0.15, 0.2) is 53.4 Å². The second-order valence-electron chi connectivity index (χ2n) is 8.45. The van der Waals surface area contributed by atoms with Crippen LogP contribution in [0.2, 0.25) is 0 Å². The summed E-state index contributed by atoms with van der Waals surface area (Å²) in [6.45, 7) is 4.93. The highest BCUT2D eigenvalue weighted by atomic mass is 32.2. The molecule has 0 radical (unpaired) electrons. The standard InChI is InChI=1S/C23H28N4O3S/c1-16-7-8-19-18(11-16)20(25-15-23(2,28)14-24)12-22(26-19)27-9-10-31(29,30)21-6-4-3-5-17(21)13-27/h3-8,11-12,28H,9-10,13-15,24H2,1-2H3,(H,25,26). The Labute approximate surface area is 182 Å². The van der Waals surface area contributed by atoms with Gasteiger partial charge in [0.15, 0.2) is 9.84 Å². The number of fused-ring (bicyclic) bond motifs is 2. The molecule has 1 aliphatic heterocycles. The first-order chi connectivity index (χ1) is 14.7. The van der Waals surface area contributed by atoms with Gasteiger partial charge in [-0.05, 0) is 37.6 Å². The highest BCUT2D eigenvalue weighted by Gasteiger charge is 2.26. The van der Waals surface area contributed by atoms with Gasteiger partial charge in [-0.3, -0.25) is 0 Å². The van der Waals surface area contributed by atoms with Gasteiger partial charge in [0.1, 0.15) is 5.82 Å². The van der Waals surface area contributed by atoms with E-state index in [1.807, 2.05) is 48.2 Å². The number of pyridine rings is 1. The number of nitrogens with zero attached hydrogens (tertiary/aromatic N) is 2. The number of benzene rings is 2. The Bertz CT molecular complexity index is 1220. The van der Waals surface area contributed by atoms with Gasteiger partial charge >= 0.3 is 0 Å². The molecular weight excluding hydrogens is 412 g/mol. The zero-order valence-corrected chi connectivity index (χ0v) is 18.6. The molecule has 0 spiro atoms. The summed E-state index contributed by atoms with van der Waals surface area (Å²) >= 11 is 0. The lowest BCUT2D eigenvalue weighted by Crippen LogP contribution is -2.41. The van der Waals surface area contributed by atoms with Crippen molar-refractivity contribution in [3.8, 4) is 0 Å². The number of rotatable bonds is 5. The minimum absolute atomic E-state index is 0.0300. The van der Waals surface area contributed by atoms with Crippen molar-refractivity contribution in [2.75, 3.05) is 35.6 Å². The first kappa shape index (κ1) is 21.5. The van der Waals surface area contributed by atoms with Crippen LogP contribution >= 0.6 is 0 Å². The van der Waals surface area contributed by atoms with Crippen LogP contribution < -0.4 is 16.0 Å². The molecule has 164 valence electrons. The van der Waals surface area contributed by atoms with E-state index in [0.29, 0.717) is 23.8 Å². The third-order valence-electron chi connectivity index (χ3n) is 5.67. The summed E-state index contributed by atoms with van der Waals surface area (Å²) in [5, 5.41) is 14.6. The number of anilines is 2. The van der Waals surface area contributed by atoms with Gasteiger partial charge in [0, 0.05) is 43.3 Å². The van der Waals surface area contributed by atoms with E-state index >= 15 is 0 Å². The van der Waals surface area contributed by atoms with Crippen molar-refractivity contribution in [1.29, 1.82) is 0 Å². The number of nitrogens with two attached hydrogens (primary N) is 1. The Balaban J connectivity index is 1.77. The van der Waals surface area contributed by atoms with E-state index in [-0.39, 0.29) is 18.8 Å². The summed E-state index contributed by atoms with van der Waals surface area (Å²) in [5.41, 5.74) is 8.14. The molecule has 0 bridgehead atoms. The summed E-state index contributed by atoms with van der Waals surface area (Å²) in [5.74, 6) is 0.723. The lowest BCUT2D eigenvalue weighted by Gasteiger charge is -2.25. The van der Waals surface area contributed by atoms with Crippen LogP contribution in [0, 0.1) is 6.92 Å². The number of sulfone groups is 1. The third kappa shape index (κ3) is 4.51. The van der Waals surface area contributed by atoms with Crippen LogP contribution in [0.5, 0.6) is 0 Å². The zero-order valence-electron chi connectivity index (χ0n) is 17.8. The van der Waals surface area contributed by atoms with Gasteiger partial charge in [-0.25, -0.2) is 13.4 Å². The molecule has 0 aliphatic carbocycles. The summed E-state index contributed by atoms with van der Waals surface area (Å²) in [4.78, 5) is 7.22. The van der Waals surface area contributed by atoms with Gasteiger partial charge < -0.3 is 21.1 Å². The fourth-order valence-electron chi connectivity index (χ4n) is 3.75. The summed E-state index contributed by atoms with van der Waals surface area (Å²) in [6, 6.07) is 15.1. The molecule has 31 heavy (non-hydrogen) atoms. The molecule has 0 amide bonds. The minimum Gasteiger partial charge on any atom is -0.387 e. The summed E-state index contributed by atoms with van der Waals surface area (Å²) in [7, 11) is -3.34. The fourth-order valence-corrected chi connectivity index (χ4v) is 5.25. The van der Waals surface area contributed by atoms with Gasteiger partial charge in [0.2, 0.25) is 0 Å². The normalized spacial score (nSPS) is 17.6. The van der Waals surface area contributed by atoms with Crippen LogP contribution in [-0.4, -0.2) is 49.5 Å². The largest absolute Gasteiger partial charge is 0.387 e. The number of aryl methyl sites for hydroxylation is 1. The second kappa shape index (κ2) is 8.11. The SMILES string of the molecule is Cc1ccc2nc(N3CCS(=O)(=O)c4ccccc4C3)cc(NCC(C)(O)CN)c2c1. The fraction of sp³-hybridized carbons (Fsp3) is 0.348. The van der Waals surface area contributed by atoms with Crippen molar-refractivity contribution in [2.45, 2.75) is 30.9 Å². The Hall–Kier alpha value is -2.68. The predicted octanol–water partition coefficient (Wildman–Crippen LogP) is 2.46. The maximum atomic E-state index is 12.7.